The highest BCUT2D eigenvalue weighted by Crippen LogP contribution is 2.09. The Labute approximate surface area is 128 Å². The fourth-order valence-electron chi connectivity index (χ4n) is 1.71. The van der Waals surface area contributed by atoms with E-state index in [9.17, 15) is 4.79 Å². The minimum Gasteiger partial charge on any atom is -0.284 e. The maximum absolute atomic E-state index is 11.7. The second kappa shape index (κ2) is 6.90. The lowest BCUT2D eigenvalue weighted by Crippen LogP contribution is -2.75. The highest BCUT2D eigenvalue weighted by Gasteiger charge is 2.09. The minimum absolute atomic E-state index is 0.144. The van der Waals surface area contributed by atoms with Gasteiger partial charge in [-0.05, 0) is 36.8 Å². The van der Waals surface area contributed by atoms with E-state index in [1.807, 2.05) is 31.2 Å². The molecule has 0 radical (unpaired) electrons. The van der Waals surface area contributed by atoms with Crippen molar-refractivity contribution in [2.75, 3.05) is 0 Å². The summed E-state index contributed by atoms with van der Waals surface area (Å²) in [7, 11) is 0. The number of aryl methyl sites for hydroxylation is 1. The first-order valence-corrected chi connectivity index (χ1v) is 6.82. The average molecular weight is 304 g/mol. The zero-order chi connectivity index (χ0) is 15.2. The summed E-state index contributed by atoms with van der Waals surface area (Å²) in [4.78, 5) is 16.6. The topological polar surface area (TPSA) is 66.3 Å². The molecule has 0 atom stereocenters. The molecule has 0 fully saturated rings. The summed E-state index contributed by atoms with van der Waals surface area (Å²) in [5.74, 6) is -0.133. The van der Waals surface area contributed by atoms with Crippen LogP contribution in [-0.4, -0.2) is 11.8 Å². The molecule has 2 rings (SSSR count). The Morgan fingerprint density at radius 2 is 1.76 bits per heavy atom. The number of nitrogens with two attached hydrogens (primary N) is 1. The Morgan fingerprint density at radius 3 is 2.38 bits per heavy atom. The van der Waals surface area contributed by atoms with Gasteiger partial charge in [0.05, 0.1) is 12.0 Å². The first kappa shape index (κ1) is 15.1. The average Bonchev–Trinajstić information content (AvgIpc) is 2.48. The van der Waals surface area contributed by atoms with E-state index in [-0.39, 0.29) is 6.42 Å². The van der Waals surface area contributed by atoms with E-state index in [0.29, 0.717) is 10.9 Å². The van der Waals surface area contributed by atoms with Crippen molar-refractivity contribution >= 4 is 23.4 Å². The number of hydrogen-bond donors (Lipinski definition) is 2. The number of carbonyl (C=O) groups excluding carboxylic acids is 1. The van der Waals surface area contributed by atoms with E-state index in [1.54, 1.807) is 24.3 Å². The molecular weight excluding hydrogens is 288 g/mol. The first-order chi connectivity index (χ1) is 10.0. The van der Waals surface area contributed by atoms with Crippen LogP contribution in [0.1, 0.15) is 16.7 Å². The van der Waals surface area contributed by atoms with Gasteiger partial charge in [0.15, 0.2) is 0 Å². The second-order valence-corrected chi connectivity index (χ2v) is 5.10. The van der Waals surface area contributed by atoms with Crippen LogP contribution in [0.2, 0.25) is 5.02 Å². The molecular formula is C16H16ClN2O2+. The van der Waals surface area contributed by atoms with Crippen LogP contribution >= 0.6 is 11.6 Å². The predicted molar refractivity (Wildman–Crippen MR) is 81.7 cm³/mol. The van der Waals surface area contributed by atoms with Crippen LogP contribution in [-0.2, 0) is 16.1 Å². The molecule has 0 spiro atoms. The van der Waals surface area contributed by atoms with Crippen molar-refractivity contribution in [1.29, 1.82) is 0 Å². The van der Waals surface area contributed by atoms with Gasteiger partial charge in [0.1, 0.15) is 0 Å². The molecule has 5 heteroatoms. The van der Waals surface area contributed by atoms with Gasteiger partial charge in [-0.25, -0.2) is 4.79 Å². The number of halogens is 1. The highest BCUT2D eigenvalue weighted by atomic mass is 35.5. The zero-order valence-corrected chi connectivity index (χ0v) is 12.4. The molecule has 0 bridgehead atoms. The lowest BCUT2D eigenvalue weighted by molar-refractivity contribution is -0.724. The van der Waals surface area contributed by atoms with Gasteiger partial charge in [-0.3, -0.25) is 10.6 Å². The van der Waals surface area contributed by atoms with E-state index in [2.05, 4.69) is 5.16 Å². The second-order valence-electron chi connectivity index (χ2n) is 4.66. The standard InChI is InChI=1S/C16H15ClN2O2/c1-11-2-6-13(7-3-11)16(18)19-21-15(20)10-12-4-8-14(17)9-5-12/h2-9H,10H2,1H3,(H2,18,19)/p+1. The molecule has 0 aliphatic heterocycles. The maximum Gasteiger partial charge on any atom is 0.361 e. The maximum atomic E-state index is 11.7. The smallest absolute Gasteiger partial charge is 0.284 e. The number of carbonyl (C=O) groups is 1. The van der Waals surface area contributed by atoms with E-state index < -0.39 is 5.97 Å². The van der Waals surface area contributed by atoms with Gasteiger partial charge in [0.2, 0.25) is 0 Å². The van der Waals surface area contributed by atoms with Crippen molar-refractivity contribution in [2.24, 2.45) is 5.73 Å². The van der Waals surface area contributed by atoms with E-state index in [0.717, 1.165) is 16.7 Å². The molecule has 0 saturated carbocycles. The highest BCUT2D eigenvalue weighted by molar-refractivity contribution is 6.30. The summed E-state index contributed by atoms with van der Waals surface area (Å²) < 4.78 is 0. The molecule has 108 valence electrons. The summed E-state index contributed by atoms with van der Waals surface area (Å²) in [6.45, 7) is 1.99. The van der Waals surface area contributed by atoms with Crippen LogP contribution in [0.3, 0.4) is 0 Å². The molecule has 0 unspecified atom stereocenters. The molecule has 3 N–H and O–H groups in total. The van der Waals surface area contributed by atoms with E-state index in [1.165, 1.54) is 0 Å². The van der Waals surface area contributed by atoms with Crippen molar-refractivity contribution in [2.45, 2.75) is 13.3 Å². The molecule has 0 heterocycles. The van der Waals surface area contributed by atoms with Crippen LogP contribution in [0.15, 0.2) is 48.5 Å². The third-order valence-corrected chi connectivity index (χ3v) is 3.15. The molecule has 0 saturated heterocycles. The summed E-state index contributed by atoms with van der Waals surface area (Å²) >= 11 is 5.78. The lowest BCUT2D eigenvalue weighted by Gasteiger charge is -1.99. The van der Waals surface area contributed by atoms with Crippen molar-refractivity contribution in [3.05, 3.63) is 70.2 Å². The minimum atomic E-state index is -0.424. The van der Waals surface area contributed by atoms with Crippen LogP contribution < -0.4 is 10.9 Å². The summed E-state index contributed by atoms with van der Waals surface area (Å²) in [6, 6.07) is 14.6. The lowest BCUT2D eigenvalue weighted by atomic mass is 10.1. The van der Waals surface area contributed by atoms with Gasteiger partial charge in [-0.15, -0.1) is 0 Å². The summed E-state index contributed by atoms with van der Waals surface area (Å²) in [5, 5.41) is 3.10. The molecule has 2 aromatic carbocycles. The monoisotopic (exact) mass is 303 g/mol. The van der Waals surface area contributed by atoms with Crippen molar-refractivity contribution in [1.82, 2.24) is 0 Å². The number of benzene rings is 2. The Bertz CT molecular complexity index is 649. The number of amidine groups is 1. The number of nitrogen functional groups attached to an aromatic ring is 1. The van der Waals surface area contributed by atoms with Gasteiger partial charge in [0.25, 0.3) is 0 Å². The number of rotatable bonds is 4. The first-order valence-electron chi connectivity index (χ1n) is 6.44. The largest absolute Gasteiger partial charge is 0.361 e. The van der Waals surface area contributed by atoms with Crippen LogP contribution in [0.4, 0.5) is 0 Å². The number of hydrogen-bond acceptors (Lipinski definition) is 2. The van der Waals surface area contributed by atoms with E-state index >= 15 is 0 Å². The van der Waals surface area contributed by atoms with Crippen LogP contribution in [0.5, 0.6) is 0 Å². The normalized spacial score (nSPS) is 11.2. The third-order valence-electron chi connectivity index (χ3n) is 2.90. The zero-order valence-electron chi connectivity index (χ0n) is 11.6. The Kier molecular flexibility index (Phi) is 4.95. The predicted octanol–water partition coefficient (Wildman–Crippen LogP) is 1.14. The Morgan fingerprint density at radius 1 is 1.14 bits per heavy atom. The molecule has 0 amide bonds. The molecule has 21 heavy (non-hydrogen) atoms. The molecule has 0 aliphatic carbocycles. The van der Waals surface area contributed by atoms with Gasteiger partial charge in [-0.2, -0.15) is 0 Å². The van der Waals surface area contributed by atoms with Crippen molar-refractivity contribution in [3.63, 3.8) is 0 Å². The molecule has 4 nitrogen and oxygen atoms in total. The third kappa shape index (κ3) is 4.61. The Balaban J connectivity index is 1.94. The summed E-state index contributed by atoms with van der Waals surface area (Å²) in [6.07, 6.45) is 0.144. The van der Waals surface area contributed by atoms with Gasteiger partial charge in [-0.1, -0.05) is 46.6 Å². The molecule has 0 aliphatic rings. The quantitative estimate of drug-likeness (QED) is 0.385. The van der Waals surface area contributed by atoms with Gasteiger partial charge < -0.3 is 0 Å². The summed E-state index contributed by atoms with van der Waals surface area (Å²) in [5.41, 5.74) is 8.53. The van der Waals surface area contributed by atoms with Crippen molar-refractivity contribution < 1.29 is 14.8 Å². The fourth-order valence-corrected chi connectivity index (χ4v) is 1.83. The van der Waals surface area contributed by atoms with Gasteiger partial charge >= 0.3 is 11.8 Å². The molecule has 0 aromatic heterocycles. The van der Waals surface area contributed by atoms with Gasteiger partial charge in [0, 0.05) is 5.02 Å². The number of nitrogens with one attached hydrogen (secondary N) is 1. The van der Waals surface area contributed by atoms with Crippen molar-refractivity contribution in [3.8, 4) is 0 Å². The van der Waals surface area contributed by atoms with E-state index in [4.69, 9.17) is 22.2 Å². The fraction of sp³-hybridized carbons (Fsp3) is 0.125. The Hall–Kier alpha value is -2.33. The molecule has 2 aromatic rings. The SMILES string of the molecule is Cc1ccc(C(N)=[NH+]OC(=O)Cc2ccc(Cl)cc2)cc1. The van der Waals surface area contributed by atoms with Crippen LogP contribution in [0.25, 0.3) is 0 Å². The van der Waals surface area contributed by atoms with Crippen LogP contribution in [0, 0.1) is 6.92 Å².